The van der Waals surface area contributed by atoms with Crippen LogP contribution in [0.3, 0.4) is 0 Å². The highest BCUT2D eigenvalue weighted by atomic mass is 32.1. The lowest BCUT2D eigenvalue weighted by Gasteiger charge is -2.30. The molecule has 0 spiro atoms. The Morgan fingerprint density at radius 2 is 0.672 bits per heavy atom. The number of hydrogen-bond donors (Lipinski definition) is 9. The van der Waals surface area contributed by atoms with E-state index >= 15 is 0 Å². The average molecular weight is 1980 g/mol. The number of aromatic nitrogens is 4. The van der Waals surface area contributed by atoms with Gasteiger partial charge in [-0.1, -0.05) is 97.1 Å². The number of rotatable bonds is 30. The van der Waals surface area contributed by atoms with E-state index in [9.17, 15) is 28.7 Å². The van der Waals surface area contributed by atoms with Crippen molar-refractivity contribution in [2.24, 2.45) is 0 Å². The lowest BCUT2D eigenvalue weighted by atomic mass is 10.0. The van der Waals surface area contributed by atoms with Crippen molar-refractivity contribution in [1.29, 1.82) is 0 Å². The molecule has 22 nitrogen and oxygen atoms in total. The van der Waals surface area contributed by atoms with Gasteiger partial charge < -0.3 is 52.4 Å². The molecule has 9 N–H and O–H groups in total. The molecule has 0 aliphatic carbocycles. The van der Waals surface area contributed by atoms with Gasteiger partial charge in [-0.2, -0.15) is 0 Å². The van der Waals surface area contributed by atoms with Crippen molar-refractivity contribution in [2.45, 2.75) is 164 Å². The number of carbonyl (C=O) groups excluding carboxylic acids is 4. The third-order valence-corrected chi connectivity index (χ3v) is 33.5. The molecule has 0 unspecified atom stereocenters. The summed E-state index contributed by atoms with van der Waals surface area (Å²) in [6, 6.07) is 66.0. The number of methoxy groups -OCH3 is 1. The maximum Gasteiger partial charge on any atom is 0.226 e. The highest BCUT2D eigenvalue weighted by molar-refractivity contribution is 7.25. The summed E-state index contributed by atoms with van der Waals surface area (Å²) in [6.45, 7) is 28.5. The zero-order chi connectivity index (χ0) is 95.2. The number of aromatic hydroxyl groups is 1. The van der Waals surface area contributed by atoms with Gasteiger partial charge in [0.1, 0.15) is 57.4 Å². The first-order valence-electron chi connectivity index (χ1n) is 46.9. The summed E-state index contributed by atoms with van der Waals surface area (Å²) in [7, 11) is 1.65. The number of fused-ring (bicyclic) bond motifs is 8. The van der Waals surface area contributed by atoms with Crippen molar-refractivity contribution >= 4 is 192 Å². The third-order valence-electron chi connectivity index (χ3n) is 24.8. The molecule has 12 heterocycles. The van der Waals surface area contributed by atoms with Crippen molar-refractivity contribution in [1.82, 2.24) is 44.9 Å². The van der Waals surface area contributed by atoms with Gasteiger partial charge in [0.25, 0.3) is 0 Å². The number of benzene rings is 8. The molecular weight excluding hydrogens is 1870 g/mol. The molecule has 0 radical (unpaired) electrons. The molecule has 16 aromatic rings. The molecule has 4 aliphatic rings. The predicted octanol–water partition coefficient (Wildman–Crippen LogP) is 24.5. The minimum atomic E-state index is -0.297. The van der Waals surface area contributed by atoms with E-state index in [0.29, 0.717) is 75.3 Å². The molecular formula is C106H115FN16O6S8. The van der Waals surface area contributed by atoms with Crippen LogP contribution in [0.5, 0.6) is 11.5 Å². The minimum absolute atomic E-state index is 0.00192. The topological polar surface area (TPSA) is 258 Å². The van der Waals surface area contributed by atoms with Gasteiger partial charge in [0, 0.05) is 206 Å². The lowest BCUT2D eigenvalue weighted by molar-refractivity contribution is -0.116. The van der Waals surface area contributed by atoms with Gasteiger partial charge in [0.2, 0.25) is 23.6 Å². The first-order valence-corrected chi connectivity index (χ1v) is 53.4. The average Bonchev–Trinajstić information content (AvgIpc) is 1.63. The van der Waals surface area contributed by atoms with Gasteiger partial charge in [-0.25, -0.2) is 24.3 Å². The summed E-state index contributed by atoms with van der Waals surface area (Å²) in [4.78, 5) is 86.6. The number of amides is 4. The Kier molecular flexibility index (Phi) is 32.4. The molecule has 20 rings (SSSR count). The molecule has 137 heavy (non-hydrogen) atoms. The molecule has 8 aromatic heterocycles. The Balaban J connectivity index is 0.000000127. The monoisotopic (exact) mass is 1980 g/mol. The summed E-state index contributed by atoms with van der Waals surface area (Å²) in [6.07, 6.45) is 5.30. The number of halogens is 1. The fraction of sp³-hybridized carbons (Fsp3) is 0.321. The molecule has 0 saturated heterocycles. The molecule has 8 aromatic carbocycles. The van der Waals surface area contributed by atoms with Crippen molar-refractivity contribution in [3.8, 4) is 53.8 Å². The Labute approximate surface area is 831 Å². The van der Waals surface area contributed by atoms with Crippen LogP contribution in [0.15, 0.2) is 200 Å². The quantitative estimate of drug-likeness (QED) is 0.0190. The summed E-state index contributed by atoms with van der Waals surface area (Å²) in [5, 5.41) is 43.0. The number of carbonyl (C=O) groups is 4. The van der Waals surface area contributed by atoms with Gasteiger partial charge in [0.15, 0.2) is 0 Å². The van der Waals surface area contributed by atoms with Gasteiger partial charge in [-0.15, -0.1) is 90.7 Å². The number of thiophene rings is 4. The normalized spacial score (nSPS) is 13.9. The molecule has 31 heteroatoms. The summed E-state index contributed by atoms with van der Waals surface area (Å²) in [5.41, 5.74) is 17.4. The zero-order valence-corrected chi connectivity index (χ0v) is 85.0. The van der Waals surface area contributed by atoms with Crippen LogP contribution in [0.25, 0.3) is 83.2 Å². The second kappa shape index (κ2) is 45.6. The Bertz CT molecular complexity index is 6570. The van der Waals surface area contributed by atoms with Crippen LogP contribution in [0.4, 0.5) is 41.5 Å². The first-order chi connectivity index (χ1) is 66.5. The van der Waals surface area contributed by atoms with E-state index < -0.39 is 0 Å². The third kappa shape index (κ3) is 24.4. The number of anilines is 7. The SMILES string of the molecule is CC(C)N1CCc2c(sc(NC(=O)CCNCc3ccccc3)c2-c2nc3ccccc3s2)C1.CC(C)N1CCc2c(sc(NC(=O)CCNc3cccc(F)c3)c2-c2nc3ccccc3s2)C1.CC(C)N1CCc2c(sc(NC(=O)CCNc3cccc(O)c3)c2-c2nc3ccccc3s2)C1.COc1cccc(NCCC(=O)Nc2sc3c(c2-c2nc4ccccc4s2)CCN(C(C)C)C3)c1. The minimum Gasteiger partial charge on any atom is -0.508 e. The van der Waals surface area contributed by atoms with Gasteiger partial charge >= 0.3 is 0 Å². The predicted molar refractivity (Wildman–Crippen MR) is 573 cm³/mol. The molecule has 710 valence electrons. The molecule has 0 saturated carbocycles. The molecule has 0 atom stereocenters. The summed E-state index contributed by atoms with van der Waals surface area (Å²) >= 11 is 13.6. The van der Waals surface area contributed by atoms with Gasteiger partial charge in [0.05, 0.1) is 48.0 Å². The van der Waals surface area contributed by atoms with Crippen LogP contribution in [-0.4, -0.2) is 152 Å². The highest BCUT2D eigenvalue weighted by Crippen LogP contribution is 2.51. The number of para-hydroxylation sites is 4. The summed E-state index contributed by atoms with van der Waals surface area (Å²) in [5.74, 6) is 0.646. The van der Waals surface area contributed by atoms with E-state index in [1.807, 2.05) is 103 Å². The Hall–Kier alpha value is -11.3. The van der Waals surface area contributed by atoms with Crippen LogP contribution < -0.4 is 47.3 Å². The van der Waals surface area contributed by atoms with E-state index in [1.54, 1.807) is 128 Å². The zero-order valence-electron chi connectivity index (χ0n) is 78.4. The Morgan fingerprint density at radius 1 is 0.365 bits per heavy atom. The molecule has 0 fully saturated rings. The number of phenols is 1. The second-order valence-corrected chi connectivity index (χ2v) is 44.0. The van der Waals surface area contributed by atoms with Gasteiger partial charge in [-0.3, -0.25) is 38.8 Å². The number of ether oxygens (including phenoxy) is 1. The fourth-order valence-electron chi connectivity index (χ4n) is 17.3. The van der Waals surface area contributed by atoms with Crippen molar-refractivity contribution in [3.05, 3.63) is 253 Å². The number of nitrogens with one attached hydrogen (secondary N) is 8. The largest absolute Gasteiger partial charge is 0.508 e. The van der Waals surface area contributed by atoms with Crippen LogP contribution in [-0.2, 0) is 77.6 Å². The van der Waals surface area contributed by atoms with Crippen molar-refractivity contribution in [3.63, 3.8) is 0 Å². The van der Waals surface area contributed by atoms with E-state index in [-0.39, 0.29) is 41.6 Å². The van der Waals surface area contributed by atoms with Crippen LogP contribution in [0, 0.1) is 5.82 Å². The first kappa shape index (κ1) is 97.4. The van der Waals surface area contributed by atoms with E-state index in [1.165, 1.54) is 68.9 Å². The van der Waals surface area contributed by atoms with Crippen LogP contribution in [0.1, 0.15) is 128 Å². The van der Waals surface area contributed by atoms with E-state index in [4.69, 9.17) is 24.7 Å². The number of thiazole rings is 4. The second-order valence-electron chi connectivity index (χ2n) is 35.5. The van der Waals surface area contributed by atoms with Crippen LogP contribution in [0.2, 0.25) is 0 Å². The molecule has 4 aliphatic heterocycles. The standard InChI is InChI=1S/C27H30N4O2S2.C27H30N4OS2.C26H27FN4OS2.C26H28N4O2S2/c1-17(2)31-14-12-20-23(16-31)35-27(25(20)26-29-21-9-4-5-10-22(21)34-26)30-24(32)11-13-28-18-7-6-8-19(15-18)33-3;1-18(2)31-15-13-20-23(17-31)34-27(25(20)26-29-21-10-6-7-11-22(21)33-26)30-24(32)12-14-28-16-19-8-4-3-5-9-19;1-16(2)31-13-11-19-22(15-31)34-26(24(19)25-29-20-8-3-4-9-21(20)33-25)30-23(32)10-12-28-18-7-5-6-17(27)14-18;1-16(2)30-13-11-19-22(15-30)34-26(24(19)25-28-20-8-3-4-9-21(20)33-25)29-23(32)10-12-27-17-6-5-7-18(31)14-17/h4-10,15,17,28H,11-14,16H2,1-3H3,(H,30,32);3-11,18,28H,12-17H2,1-2H3,(H,30,32);3-9,14,16,28H,10-13,15H2,1-2H3,(H,30,32);3-9,14,16,27,31H,10-13,15H2,1-2H3,(H,29,32). The van der Waals surface area contributed by atoms with Gasteiger partial charge in [-0.05, 0) is 200 Å². The summed E-state index contributed by atoms with van der Waals surface area (Å²) < 4.78 is 23.3. The molecule has 4 amide bonds. The maximum atomic E-state index is 13.4. The van der Waals surface area contributed by atoms with Crippen molar-refractivity contribution in [2.75, 3.05) is 96.7 Å². The van der Waals surface area contributed by atoms with E-state index in [2.05, 4.69) is 172 Å². The smallest absolute Gasteiger partial charge is 0.226 e. The lowest BCUT2D eigenvalue weighted by Crippen LogP contribution is -2.35. The fourth-order valence-corrected chi connectivity index (χ4v) is 26.9. The van der Waals surface area contributed by atoms with Crippen LogP contribution >= 0.6 is 90.7 Å². The molecule has 0 bridgehead atoms. The number of phenolic OH excluding ortho intramolecular Hbond substituents is 1. The maximum absolute atomic E-state index is 13.4. The van der Waals surface area contributed by atoms with E-state index in [0.717, 1.165) is 195 Å². The highest BCUT2D eigenvalue weighted by Gasteiger charge is 2.35. The number of hydrogen-bond acceptors (Lipinski definition) is 26. The van der Waals surface area contributed by atoms with Crippen molar-refractivity contribution < 1.29 is 33.4 Å². The number of nitrogens with zero attached hydrogens (tertiary/aromatic N) is 8. The Morgan fingerprint density at radius 3 is 0.993 bits per heavy atom.